The van der Waals surface area contributed by atoms with Gasteiger partial charge in [0, 0.05) is 11.1 Å². The van der Waals surface area contributed by atoms with E-state index in [2.05, 4.69) is 4.98 Å². The zero-order chi connectivity index (χ0) is 15.1. The van der Waals surface area contributed by atoms with Crippen molar-refractivity contribution in [3.05, 3.63) is 58.1 Å². The predicted octanol–water partition coefficient (Wildman–Crippen LogP) is 2.81. The Morgan fingerprint density at radius 3 is 2.73 bits per heavy atom. The molecule has 1 aliphatic heterocycles. The van der Waals surface area contributed by atoms with Gasteiger partial charge in [0.05, 0.1) is 16.6 Å². The summed E-state index contributed by atoms with van der Waals surface area (Å²) in [6.07, 6.45) is 1.50. The minimum absolute atomic E-state index is 0.177. The van der Waals surface area contributed by atoms with E-state index < -0.39 is 0 Å². The third-order valence-electron chi connectivity index (χ3n) is 3.52. The van der Waals surface area contributed by atoms with Crippen molar-refractivity contribution in [2.45, 2.75) is 0 Å². The third kappa shape index (κ3) is 2.10. The topological polar surface area (TPSA) is 53.4 Å². The van der Waals surface area contributed by atoms with Crippen LogP contribution in [-0.2, 0) is 0 Å². The van der Waals surface area contributed by atoms with Crippen molar-refractivity contribution in [1.82, 2.24) is 9.55 Å². The van der Waals surface area contributed by atoms with Crippen LogP contribution in [0.25, 0.3) is 16.6 Å². The van der Waals surface area contributed by atoms with Crippen LogP contribution in [0.1, 0.15) is 0 Å². The number of halogens is 1. The maximum atomic E-state index is 12.6. The Bertz CT molecular complexity index is 936. The van der Waals surface area contributed by atoms with Crippen LogP contribution in [0.5, 0.6) is 11.5 Å². The summed E-state index contributed by atoms with van der Waals surface area (Å²) in [5, 5.41) is 0.983. The van der Waals surface area contributed by atoms with Crippen molar-refractivity contribution < 1.29 is 9.47 Å². The molecular weight excluding hydrogens is 304 g/mol. The van der Waals surface area contributed by atoms with Crippen molar-refractivity contribution >= 4 is 22.5 Å². The molecule has 1 aromatic heterocycles. The summed E-state index contributed by atoms with van der Waals surface area (Å²) in [7, 11) is 0. The van der Waals surface area contributed by atoms with Gasteiger partial charge in [0.2, 0.25) is 0 Å². The van der Waals surface area contributed by atoms with Gasteiger partial charge in [-0.1, -0.05) is 11.6 Å². The smallest absolute Gasteiger partial charge is 0.265 e. The lowest BCUT2D eigenvalue weighted by Crippen LogP contribution is -2.20. The standard InChI is InChI=1S/C16H11ClN2O3/c17-10-1-3-13-12(7-10)16(20)19(9-18-13)11-2-4-14-15(8-11)22-6-5-21-14/h1-4,7-9H,5-6H2. The molecule has 0 radical (unpaired) electrons. The fourth-order valence-electron chi connectivity index (χ4n) is 2.46. The second-order valence-corrected chi connectivity index (χ2v) is 5.35. The average molecular weight is 315 g/mol. The first-order valence-corrected chi connectivity index (χ1v) is 7.17. The van der Waals surface area contributed by atoms with E-state index in [1.54, 1.807) is 36.4 Å². The number of hydrogen-bond acceptors (Lipinski definition) is 4. The minimum Gasteiger partial charge on any atom is -0.486 e. The number of ether oxygens (including phenoxy) is 2. The summed E-state index contributed by atoms with van der Waals surface area (Å²) in [5.41, 5.74) is 1.11. The Labute approximate surface area is 130 Å². The van der Waals surface area contributed by atoms with E-state index in [4.69, 9.17) is 21.1 Å². The molecule has 5 nitrogen and oxygen atoms in total. The molecule has 0 amide bonds. The maximum Gasteiger partial charge on any atom is 0.265 e. The summed E-state index contributed by atoms with van der Waals surface area (Å²) in [6, 6.07) is 10.4. The molecule has 0 atom stereocenters. The van der Waals surface area contributed by atoms with Gasteiger partial charge in [-0.2, -0.15) is 0 Å². The van der Waals surface area contributed by atoms with E-state index in [9.17, 15) is 4.79 Å². The Morgan fingerprint density at radius 1 is 1.05 bits per heavy atom. The van der Waals surface area contributed by atoms with E-state index in [-0.39, 0.29) is 5.56 Å². The molecule has 0 fully saturated rings. The number of benzene rings is 2. The maximum absolute atomic E-state index is 12.6. The second-order valence-electron chi connectivity index (χ2n) is 4.91. The summed E-state index contributed by atoms with van der Waals surface area (Å²) in [5.74, 6) is 1.31. The first-order chi connectivity index (χ1) is 10.7. The first kappa shape index (κ1) is 13.2. The van der Waals surface area contributed by atoms with Crippen LogP contribution in [0, 0.1) is 0 Å². The normalized spacial score (nSPS) is 13.3. The van der Waals surface area contributed by atoms with Gasteiger partial charge in [-0.15, -0.1) is 0 Å². The van der Waals surface area contributed by atoms with Crippen LogP contribution in [-0.4, -0.2) is 22.8 Å². The molecule has 4 rings (SSSR count). The van der Waals surface area contributed by atoms with Gasteiger partial charge in [-0.3, -0.25) is 9.36 Å². The fraction of sp³-hybridized carbons (Fsp3) is 0.125. The van der Waals surface area contributed by atoms with E-state index >= 15 is 0 Å². The van der Waals surface area contributed by atoms with Crippen LogP contribution in [0.3, 0.4) is 0 Å². The number of rotatable bonds is 1. The number of nitrogens with zero attached hydrogens (tertiary/aromatic N) is 2. The van der Waals surface area contributed by atoms with E-state index in [1.165, 1.54) is 10.9 Å². The largest absolute Gasteiger partial charge is 0.486 e. The van der Waals surface area contributed by atoms with Crippen molar-refractivity contribution in [1.29, 1.82) is 0 Å². The molecular formula is C16H11ClN2O3. The Hall–Kier alpha value is -2.53. The lowest BCUT2D eigenvalue weighted by atomic mass is 10.2. The molecule has 110 valence electrons. The van der Waals surface area contributed by atoms with Gasteiger partial charge >= 0.3 is 0 Å². The molecule has 2 aromatic carbocycles. The molecule has 0 bridgehead atoms. The monoisotopic (exact) mass is 314 g/mol. The highest BCUT2D eigenvalue weighted by Crippen LogP contribution is 2.31. The summed E-state index contributed by atoms with van der Waals surface area (Å²) < 4.78 is 12.5. The first-order valence-electron chi connectivity index (χ1n) is 6.79. The van der Waals surface area contributed by atoms with Gasteiger partial charge in [-0.25, -0.2) is 4.98 Å². The predicted molar refractivity (Wildman–Crippen MR) is 83.3 cm³/mol. The fourth-order valence-corrected chi connectivity index (χ4v) is 2.63. The Kier molecular flexibility index (Phi) is 3.01. The molecule has 0 unspecified atom stereocenters. The second kappa shape index (κ2) is 5.03. The van der Waals surface area contributed by atoms with Gasteiger partial charge in [0.1, 0.15) is 19.5 Å². The Morgan fingerprint density at radius 2 is 1.86 bits per heavy atom. The number of aromatic nitrogens is 2. The molecule has 1 aliphatic rings. The Balaban J connectivity index is 1.91. The van der Waals surface area contributed by atoms with Crippen molar-refractivity contribution in [2.75, 3.05) is 13.2 Å². The molecule has 2 heterocycles. The molecule has 0 saturated carbocycles. The lowest BCUT2D eigenvalue weighted by Gasteiger charge is -2.19. The SMILES string of the molecule is O=c1c2cc(Cl)ccc2ncn1-c1ccc2c(c1)OCCO2. The van der Waals surface area contributed by atoms with Crippen molar-refractivity contribution in [2.24, 2.45) is 0 Å². The quantitative estimate of drug-likeness (QED) is 0.693. The molecule has 0 N–H and O–H groups in total. The highest BCUT2D eigenvalue weighted by atomic mass is 35.5. The van der Waals surface area contributed by atoms with E-state index in [0.717, 1.165) is 0 Å². The van der Waals surface area contributed by atoms with Crippen molar-refractivity contribution in [3.8, 4) is 17.2 Å². The van der Waals surface area contributed by atoms with Crippen molar-refractivity contribution in [3.63, 3.8) is 0 Å². The molecule has 3 aromatic rings. The zero-order valence-corrected chi connectivity index (χ0v) is 12.2. The third-order valence-corrected chi connectivity index (χ3v) is 3.76. The summed E-state index contributed by atoms with van der Waals surface area (Å²) in [6.45, 7) is 1.03. The number of fused-ring (bicyclic) bond motifs is 2. The average Bonchev–Trinajstić information content (AvgIpc) is 2.55. The van der Waals surface area contributed by atoms with E-state index in [0.29, 0.717) is 46.3 Å². The molecule has 22 heavy (non-hydrogen) atoms. The molecule has 0 spiro atoms. The van der Waals surface area contributed by atoms with E-state index in [1.807, 2.05) is 0 Å². The van der Waals surface area contributed by atoms with Crippen LogP contribution in [0.15, 0.2) is 47.5 Å². The van der Waals surface area contributed by atoms with Gasteiger partial charge in [0.25, 0.3) is 5.56 Å². The van der Waals surface area contributed by atoms with Gasteiger partial charge in [-0.05, 0) is 30.3 Å². The number of hydrogen-bond donors (Lipinski definition) is 0. The summed E-state index contributed by atoms with van der Waals surface area (Å²) >= 11 is 5.97. The van der Waals surface area contributed by atoms with Gasteiger partial charge < -0.3 is 9.47 Å². The van der Waals surface area contributed by atoms with Gasteiger partial charge in [0.15, 0.2) is 11.5 Å². The highest BCUT2D eigenvalue weighted by Gasteiger charge is 2.14. The minimum atomic E-state index is -0.177. The van der Waals surface area contributed by atoms with Crippen LogP contribution >= 0.6 is 11.6 Å². The molecule has 0 saturated heterocycles. The lowest BCUT2D eigenvalue weighted by molar-refractivity contribution is 0.171. The summed E-state index contributed by atoms with van der Waals surface area (Å²) in [4.78, 5) is 16.9. The van der Waals surface area contributed by atoms with Crippen LogP contribution in [0.2, 0.25) is 5.02 Å². The highest BCUT2D eigenvalue weighted by molar-refractivity contribution is 6.31. The van der Waals surface area contributed by atoms with Crippen LogP contribution in [0.4, 0.5) is 0 Å². The van der Waals surface area contributed by atoms with Crippen LogP contribution < -0.4 is 15.0 Å². The molecule has 6 heteroatoms. The molecule has 0 aliphatic carbocycles. The zero-order valence-electron chi connectivity index (χ0n) is 11.5.